The maximum atomic E-state index is 11.9. The Morgan fingerprint density at radius 1 is 1.29 bits per heavy atom. The van der Waals surface area contributed by atoms with E-state index in [9.17, 15) is 9.59 Å². The molecule has 0 bridgehead atoms. The average molecular weight is 235 g/mol. The van der Waals surface area contributed by atoms with Crippen molar-refractivity contribution in [2.45, 2.75) is 32.7 Å². The van der Waals surface area contributed by atoms with Crippen molar-refractivity contribution in [1.82, 2.24) is 0 Å². The van der Waals surface area contributed by atoms with Crippen LogP contribution in [0.4, 0.5) is 0 Å². The summed E-state index contributed by atoms with van der Waals surface area (Å²) in [6, 6.07) is 3.99. The minimum absolute atomic E-state index is 0.281. The molecular weight excluding hydrogens is 218 g/mol. The number of ketones is 1. The lowest BCUT2D eigenvalue weighted by Crippen LogP contribution is -2.38. The van der Waals surface area contributed by atoms with Crippen molar-refractivity contribution in [1.29, 1.82) is 0 Å². The van der Waals surface area contributed by atoms with Gasteiger partial charge in [0, 0.05) is 5.56 Å². The zero-order valence-electron chi connectivity index (χ0n) is 10.2. The van der Waals surface area contributed by atoms with E-state index in [1.54, 1.807) is 13.0 Å². The lowest BCUT2D eigenvalue weighted by Gasteiger charge is -2.12. The van der Waals surface area contributed by atoms with Gasteiger partial charge in [-0.1, -0.05) is 26.0 Å². The summed E-state index contributed by atoms with van der Waals surface area (Å²) in [5, 5.41) is 8.74. The predicted molar refractivity (Wildman–Crippen MR) is 65.2 cm³/mol. The van der Waals surface area contributed by atoms with Gasteiger partial charge in [0.15, 0.2) is 11.8 Å². The molecule has 0 aliphatic rings. The Balaban J connectivity index is 3.16. The molecule has 92 valence electrons. The van der Waals surface area contributed by atoms with E-state index in [0.29, 0.717) is 5.56 Å². The van der Waals surface area contributed by atoms with Gasteiger partial charge < -0.3 is 10.8 Å². The van der Waals surface area contributed by atoms with Crippen molar-refractivity contribution in [3.05, 3.63) is 34.9 Å². The number of benzene rings is 1. The first kappa shape index (κ1) is 13.4. The van der Waals surface area contributed by atoms with Gasteiger partial charge in [0.1, 0.15) is 0 Å². The molecule has 1 atom stereocenters. The highest BCUT2D eigenvalue weighted by atomic mass is 16.4. The Bertz CT molecular complexity index is 452. The van der Waals surface area contributed by atoms with Crippen LogP contribution < -0.4 is 5.73 Å². The fraction of sp³-hybridized carbons (Fsp3) is 0.385. The van der Waals surface area contributed by atoms with E-state index in [1.807, 2.05) is 26.0 Å². The largest absolute Gasteiger partial charge is 0.480 e. The number of hydrogen-bond donors (Lipinski definition) is 2. The van der Waals surface area contributed by atoms with Crippen LogP contribution in [0.25, 0.3) is 0 Å². The van der Waals surface area contributed by atoms with Gasteiger partial charge >= 0.3 is 5.97 Å². The summed E-state index contributed by atoms with van der Waals surface area (Å²) >= 11 is 0. The van der Waals surface area contributed by atoms with E-state index in [4.69, 9.17) is 10.8 Å². The van der Waals surface area contributed by atoms with Crippen LogP contribution in [0.1, 0.15) is 41.3 Å². The molecule has 1 aromatic rings. The Morgan fingerprint density at radius 2 is 1.88 bits per heavy atom. The summed E-state index contributed by atoms with van der Waals surface area (Å²) in [6.07, 6.45) is 0. The number of aliphatic carboxylic acids is 1. The summed E-state index contributed by atoms with van der Waals surface area (Å²) < 4.78 is 0. The van der Waals surface area contributed by atoms with Crippen molar-refractivity contribution in [2.24, 2.45) is 5.73 Å². The molecule has 0 saturated heterocycles. The van der Waals surface area contributed by atoms with Crippen LogP contribution in [0.2, 0.25) is 0 Å². The summed E-state index contributed by atoms with van der Waals surface area (Å²) in [6.45, 7) is 5.79. The summed E-state index contributed by atoms with van der Waals surface area (Å²) in [5.41, 5.74) is 7.48. The third-order valence-electron chi connectivity index (χ3n) is 2.74. The number of rotatable bonds is 4. The van der Waals surface area contributed by atoms with Crippen LogP contribution in [-0.2, 0) is 4.79 Å². The minimum atomic E-state index is -1.49. The monoisotopic (exact) mass is 235 g/mol. The fourth-order valence-corrected chi connectivity index (χ4v) is 1.54. The predicted octanol–water partition coefficient (Wildman–Crippen LogP) is 1.71. The number of carbonyl (C=O) groups is 2. The van der Waals surface area contributed by atoms with Gasteiger partial charge in [0.25, 0.3) is 0 Å². The Hall–Kier alpha value is -1.68. The molecule has 0 aliphatic heterocycles. The first-order valence-electron chi connectivity index (χ1n) is 5.47. The van der Waals surface area contributed by atoms with Crippen molar-refractivity contribution >= 4 is 11.8 Å². The maximum absolute atomic E-state index is 11.9. The topological polar surface area (TPSA) is 80.4 Å². The van der Waals surface area contributed by atoms with E-state index in [1.165, 1.54) is 0 Å². The molecule has 0 amide bonds. The molecule has 0 heterocycles. The van der Waals surface area contributed by atoms with E-state index in [2.05, 4.69) is 0 Å². The normalized spacial score (nSPS) is 12.5. The van der Waals surface area contributed by atoms with Crippen LogP contribution in [0.15, 0.2) is 18.2 Å². The Morgan fingerprint density at radius 3 is 2.35 bits per heavy atom. The second-order valence-corrected chi connectivity index (χ2v) is 4.41. The zero-order chi connectivity index (χ0) is 13.2. The molecule has 1 unspecified atom stereocenters. The van der Waals surface area contributed by atoms with Crippen molar-refractivity contribution in [3.63, 3.8) is 0 Å². The Kier molecular flexibility index (Phi) is 4.02. The number of nitrogens with two attached hydrogens (primary N) is 1. The third kappa shape index (κ3) is 2.91. The molecule has 0 aromatic heterocycles. The maximum Gasteiger partial charge on any atom is 0.328 e. The van der Waals surface area contributed by atoms with Crippen molar-refractivity contribution in [3.8, 4) is 0 Å². The minimum Gasteiger partial charge on any atom is -0.480 e. The number of hydrogen-bond acceptors (Lipinski definition) is 3. The molecule has 0 radical (unpaired) electrons. The number of carboxylic acids is 1. The number of aryl methyl sites for hydroxylation is 1. The van der Waals surface area contributed by atoms with Gasteiger partial charge in [-0.2, -0.15) is 0 Å². The van der Waals surface area contributed by atoms with E-state index >= 15 is 0 Å². The van der Waals surface area contributed by atoms with Gasteiger partial charge in [0.05, 0.1) is 0 Å². The second kappa shape index (κ2) is 5.10. The van der Waals surface area contributed by atoms with E-state index < -0.39 is 17.8 Å². The van der Waals surface area contributed by atoms with Gasteiger partial charge in [0.2, 0.25) is 0 Å². The quantitative estimate of drug-likeness (QED) is 0.615. The average Bonchev–Trinajstić information content (AvgIpc) is 2.27. The van der Waals surface area contributed by atoms with Gasteiger partial charge in [-0.05, 0) is 30.0 Å². The van der Waals surface area contributed by atoms with Gasteiger partial charge in [-0.3, -0.25) is 9.59 Å². The van der Waals surface area contributed by atoms with Crippen LogP contribution >= 0.6 is 0 Å². The third-order valence-corrected chi connectivity index (χ3v) is 2.74. The van der Waals surface area contributed by atoms with Gasteiger partial charge in [-0.25, -0.2) is 0 Å². The van der Waals surface area contributed by atoms with Gasteiger partial charge in [-0.15, -0.1) is 0 Å². The number of carboxylic acid groups (broad SMARTS) is 1. The summed E-state index contributed by atoms with van der Waals surface area (Å²) in [5.74, 6) is -1.56. The molecule has 3 N–H and O–H groups in total. The SMILES string of the molecule is Cc1ccc(C(C)C)cc1C(=O)C(N)C(=O)O. The number of Topliss-reactive ketones (excluding diaryl/α,β-unsaturated/α-hetero) is 1. The van der Waals surface area contributed by atoms with E-state index in [0.717, 1.165) is 11.1 Å². The van der Waals surface area contributed by atoms with E-state index in [-0.39, 0.29) is 5.92 Å². The molecular formula is C13H17NO3. The highest BCUT2D eigenvalue weighted by Gasteiger charge is 2.24. The fourth-order valence-electron chi connectivity index (χ4n) is 1.54. The first-order chi connectivity index (χ1) is 7.84. The molecule has 1 rings (SSSR count). The highest BCUT2D eigenvalue weighted by molar-refractivity contribution is 6.12. The molecule has 4 nitrogen and oxygen atoms in total. The van der Waals surface area contributed by atoms with Crippen LogP contribution in [0, 0.1) is 6.92 Å². The molecule has 0 spiro atoms. The molecule has 0 fully saturated rings. The van der Waals surface area contributed by atoms with Crippen LogP contribution in [0.5, 0.6) is 0 Å². The summed E-state index contributed by atoms with van der Waals surface area (Å²) in [7, 11) is 0. The lowest BCUT2D eigenvalue weighted by atomic mass is 9.94. The number of carbonyl (C=O) groups excluding carboxylic acids is 1. The molecule has 17 heavy (non-hydrogen) atoms. The smallest absolute Gasteiger partial charge is 0.328 e. The molecule has 0 saturated carbocycles. The van der Waals surface area contributed by atoms with Crippen LogP contribution in [0.3, 0.4) is 0 Å². The molecule has 1 aromatic carbocycles. The first-order valence-corrected chi connectivity index (χ1v) is 5.47. The lowest BCUT2D eigenvalue weighted by molar-refractivity contribution is -0.137. The Labute approximate surface area is 100 Å². The second-order valence-electron chi connectivity index (χ2n) is 4.41. The van der Waals surface area contributed by atoms with Crippen LogP contribution in [-0.4, -0.2) is 22.9 Å². The summed E-state index contributed by atoms with van der Waals surface area (Å²) in [4.78, 5) is 22.6. The zero-order valence-corrected chi connectivity index (χ0v) is 10.2. The molecule has 4 heteroatoms. The van der Waals surface area contributed by atoms with Crippen molar-refractivity contribution < 1.29 is 14.7 Å². The van der Waals surface area contributed by atoms with Crippen molar-refractivity contribution in [2.75, 3.05) is 0 Å². The molecule has 0 aliphatic carbocycles. The standard InChI is InChI=1S/C13H17NO3/c1-7(2)9-5-4-8(3)10(6-9)12(15)11(14)13(16)17/h4-7,11H,14H2,1-3H3,(H,16,17). The highest BCUT2D eigenvalue weighted by Crippen LogP contribution is 2.19.